The molecule has 6 nitrogen and oxygen atoms in total. The Morgan fingerprint density at radius 1 is 0.317 bits per heavy atom. The normalized spacial score (nSPS) is 11.7. The van der Waals surface area contributed by atoms with Gasteiger partial charge in [0.2, 0.25) is 5.89 Å². The number of benzene rings is 9. The first-order valence-electron chi connectivity index (χ1n) is 20.0. The first kappa shape index (κ1) is 33.9. The molecule has 60 heavy (non-hydrogen) atoms. The van der Waals surface area contributed by atoms with E-state index in [0.29, 0.717) is 23.4 Å². The van der Waals surface area contributed by atoms with Crippen LogP contribution in [0.5, 0.6) is 0 Å². The van der Waals surface area contributed by atoms with Crippen LogP contribution in [0.25, 0.3) is 122 Å². The molecule has 0 bridgehead atoms. The van der Waals surface area contributed by atoms with Crippen molar-refractivity contribution in [1.82, 2.24) is 19.9 Å². The molecular formula is C54H32N4O2. The summed E-state index contributed by atoms with van der Waals surface area (Å²) < 4.78 is 13.2. The summed E-state index contributed by atoms with van der Waals surface area (Å²) in [6.07, 6.45) is 0. The van der Waals surface area contributed by atoms with Crippen LogP contribution in [0.2, 0.25) is 0 Å². The van der Waals surface area contributed by atoms with Gasteiger partial charge in [-0.1, -0.05) is 152 Å². The Bertz CT molecular complexity index is 3600. The van der Waals surface area contributed by atoms with Crippen LogP contribution in [-0.2, 0) is 0 Å². The largest absolute Gasteiger partial charge is 0.456 e. The molecule has 280 valence electrons. The zero-order valence-electron chi connectivity index (χ0n) is 32.1. The Morgan fingerprint density at radius 2 is 0.950 bits per heavy atom. The van der Waals surface area contributed by atoms with Crippen LogP contribution < -0.4 is 0 Å². The van der Waals surface area contributed by atoms with Crippen molar-refractivity contribution in [3.8, 4) is 67.9 Å². The second-order valence-corrected chi connectivity index (χ2v) is 14.9. The summed E-state index contributed by atoms with van der Waals surface area (Å²) in [6, 6.07) is 66.4. The molecule has 0 spiro atoms. The van der Waals surface area contributed by atoms with E-state index < -0.39 is 0 Å². The summed E-state index contributed by atoms with van der Waals surface area (Å²) in [6.45, 7) is 0. The van der Waals surface area contributed by atoms with Crippen molar-refractivity contribution >= 4 is 54.6 Å². The monoisotopic (exact) mass is 768 g/mol. The number of hydrogen-bond donors (Lipinski definition) is 0. The van der Waals surface area contributed by atoms with Gasteiger partial charge in [0.15, 0.2) is 23.1 Å². The molecule has 0 fully saturated rings. The topological polar surface area (TPSA) is 77.8 Å². The SMILES string of the molecule is c1ccc(-c2nc(-c3ccc(-c4ccccc4)c4ccccc34)nc(-c3cccc4oc5cc(-c6cccc7ccc8nc(-c9ccccc9)oc8c67)ccc5c34)n2)cc1. The molecule has 3 heterocycles. The average molecular weight is 769 g/mol. The zero-order chi connectivity index (χ0) is 39.6. The molecule has 12 aromatic rings. The van der Waals surface area contributed by atoms with Gasteiger partial charge < -0.3 is 8.83 Å². The predicted octanol–water partition coefficient (Wildman–Crippen LogP) is 14.2. The smallest absolute Gasteiger partial charge is 0.227 e. The molecule has 0 aliphatic rings. The number of fused-ring (bicyclic) bond motifs is 7. The molecule has 12 rings (SSSR count). The summed E-state index contributed by atoms with van der Waals surface area (Å²) in [5, 5.41) is 6.21. The quantitative estimate of drug-likeness (QED) is 0.168. The molecule has 3 aromatic heterocycles. The van der Waals surface area contributed by atoms with Gasteiger partial charge >= 0.3 is 0 Å². The van der Waals surface area contributed by atoms with Crippen molar-refractivity contribution in [3.63, 3.8) is 0 Å². The Balaban J connectivity index is 1.03. The number of rotatable bonds is 6. The van der Waals surface area contributed by atoms with Gasteiger partial charge in [-0.3, -0.25) is 0 Å². The predicted molar refractivity (Wildman–Crippen MR) is 242 cm³/mol. The molecule has 0 aliphatic heterocycles. The van der Waals surface area contributed by atoms with E-state index in [2.05, 4.69) is 109 Å². The van der Waals surface area contributed by atoms with Gasteiger partial charge in [-0.05, 0) is 80.9 Å². The van der Waals surface area contributed by atoms with E-state index in [1.165, 1.54) is 0 Å². The fourth-order valence-corrected chi connectivity index (χ4v) is 8.58. The lowest BCUT2D eigenvalue weighted by Crippen LogP contribution is -2.01. The van der Waals surface area contributed by atoms with Crippen molar-refractivity contribution in [3.05, 3.63) is 194 Å². The fraction of sp³-hybridized carbons (Fsp3) is 0. The van der Waals surface area contributed by atoms with Gasteiger partial charge in [0.05, 0.1) is 0 Å². The minimum atomic E-state index is 0.573. The average Bonchev–Trinajstić information content (AvgIpc) is 3.94. The number of hydrogen-bond acceptors (Lipinski definition) is 6. The minimum Gasteiger partial charge on any atom is -0.456 e. The number of nitrogens with zero attached hydrogens (tertiary/aromatic N) is 4. The highest BCUT2D eigenvalue weighted by molar-refractivity contribution is 6.15. The first-order valence-corrected chi connectivity index (χ1v) is 20.0. The van der Waals surface area contributed by atoms with E-state index >= 15 is 0 Å². The van der Waals surface area contributed by atoms with Crippen LogP contribution in [0.4, 0.5) is 0 Å². The minimum absolute atomic E-state index is 0.573. The maximum atomic E-state index is 6.67. The van der Waals surface area contributed by atoms with Gasteiger partial charge in [-0.2, -0.15) is 0 Å². The third-order valence-electron chi connectivity index (χ3n) is 11.4. The van der Waals surface area contributed by atoms with Gasteiger partial charge in [0.1, 0.15) is 16.7 Å². The summed E-state index contributed by atoms with van der Waals surface area (Å²) >= 11 is 0. The van der Waals surface area contributed by atoms with Gasteiger partial charge in [-0.15, -0.1) is 0 Å². The van der Waals surface area contributed by atoms with E-state index in [1.54, 1.807) is 0 Å². The third-order valence-corrected chi connectivity index (χ3v) is 11.4. The van der Waals surface area contributed by atoms with E-state index in [-0.39, 0.29) is 0 Å². The Kier molecular flexibility index (Phi) is 7.74. The van der Waals surface area contributed by atoms with Crippen LogP contribution in [-0.4, -0.2) is 19.9 Å². The number of furan rings is 1. The summed E-state index contributed by atoms with van der Waals surface area (Å²) in [5.41, 5.74) is 11.1. The van der Waals surface area contributed by atoms with Gasteiger partial charge in [-0.25, -0.2) is 19.9 Å². The lowest BCUT2D eigenvalue weighted by Gasteiger charge is -2.13. The maximum Gasteiger partial charge on any atom is 0.227 e. The second-order valence-electron chi connectivity index (χ2n) is 14.9. The highest BCUT2D eigenvalue weighted by atomic mass is 16.3. The summed E-state index contributed by atoms with van der Waals surface area (Å²) in [7, 11) is 0. The Hall–Kier alpha value is -8.22. The van der Waals surface area contributed by atoms with Crippen molar-refractivity contribution < 1.29 is 8.83 Å². The van der Waals surface area contributed by atoms with Gasteiger partial charge in [0, 0.05) is 38.4 Å². The van der Waals surface area contributed by atoms with Crippen LogP contribution in [0.1, 0.15) is 0 Å². The molecule has 0 N–H and O–H groups in total. The summed E-state index contributed by atoms with van der Waals surface area (Å²) in [4.78, 5) is 20.4. The van der Waals surface area contributed by atoms with Crippen molar-refractivity contribution in [2.45, 2.75) is 0 Å². The lowest BCUT2D eigenvalue weighted by molar-refractivity contribution is 0.623. The van der Waals surface area contributed by atoms with E-state index in [4.69, 9.17) is 28.8 Å². The molecule has 0 amide bonds. The summed E-state index contributed by atoms with van der Waals surface area (Å²) in [5.74, 6) is 2.38. The molecule has 6 heteroatoms. The number of oxazole rings is 1. The molecule has 0 aliphatic carbocycles. The van der Waals surface area contributed by atoms with Crippen molar-refractivity contribution in [1.29, 1.82) is 0 Å². The van der Waals surface area contributed by atoms with E-state index in [1.807, 2.05) is 84.9 Å². The maximum absolute atomic E-state index is 6.67. The van der Waals surface area contributed by atoms with E-state index in [9.17, 15) is 0 Å². The third kappa shape index (κ3) is 5.57. The van der Waals surface area contributed by atoms with Crippen LogP contribution >= 0.6 is 0 Å². The standard InChI is InChI=1S/C54H32N4O2/c1-4-14-33(15-5-1)38-29-30-42(41-22-11-10-21-40(38)41)52-56-51(35-16-6-2-7-17-35)57-53(58-52)44-24-13-25-46-49(44)43-28-26-37(32-47(43)59-46)39-23-12-20-34-27-31-45-50(48(34)39)60-54(55-45)36-18-8-3-9-19-36/h1-32H. The van der Waals surface area contributed by atoms with Crippen LogP contribution in [0.3, 0.4) is 0 Å². The highest BCUT2D eigenvalue weighted by Crippen LogP contribution is 2.42. The van der Waals surface area contributed by atoms with Gasteiger partial charge in [0.25, 0.3) is 0 Å². The first-order chi connectivity index (χ1) is 29.7. The van der Waals surface area contributed by atoms with Crippen LogP contribution in [0.15, 0.2) is 203 Å². The number of aromatic nitrogens is 4. The van der Waals surface area contributed by atoms with Crippen LogP contribution in [0, 0.1) is 0 Å². The zero-order valence-corrected chi connectivity index (χ0v) is 32.1. The fourth-order valence-electron chi connectivity index (χ4n) is 8.58. The molecule has 0 radical (unpaired) electrons. The molecule has 0 atom stereocenters. The lowest BCUT2D eigenvalue weighted by atomic mass is 9.94. The molecular weight excluding hydrogens is 737 g/mol. The highest BCUT2D eigenvalue weighted by Gasteiger charge is 2.21. The Morgan fingerprint density at radius 3 is 1.73 bits per heavy atom. The van der Waals surface area contributed by atoms with Crippen molar-refractivity contribution in [2.75, 3.05) is 0 Å². The molecule has 0 saturated heterocycles. The molecule has 0 unspecified atom stereocenters. The molecule has 9 aromatic carbocycles. The molecule has 0 saturated carbocycles. The Labute approximate surface area is 344 Å². The second kappa shape index (κ2) is 13.7. The van der Waals surface area contributed by atoms with Crippen molar-refractivity contribution in [2.24, 2.45) is 0 Å². The van der Waals surface area contributed by atoms with E-state index in [0.717, 1.165) is 99.1 Å².